The summed E-state index contributed by atoms with van der Waals surface area (Å²) in [6, 6.07) is 0. The summed E-state index contributed by atoms with van der Waals surface area (Å²) in [6.07, 6.45) is 0. The summed E-state index contributed by atoms with van der Waals surface area (Å²) in [5.41, 5.74) is -4.25. The normalized spacial score (nSPS) is 12.4. The van der Waals surface area contributed by atoms with Gasteiger partial charge in [-0.2, -0.15) is 13.2 Å². The van der Waals surface area contributed by atoms with Gasteiger partial charge in [-0.05, 0) is 25.9 Å². The number of carbonyl (C=O) groups is 1. The van der Waals surface area contributed by atoms with E-state index in [2.05, 4.69) is 0 Å². The van der Waals surface area contributed by atoms with Crippen LogP contribution in [0, 0.1) is 0 Å². The molecule has 0 amide bonds. The highest BCUT2D eigenvalue weighted by atomic mass is 32.2. The molecule has 0 heterocycles. The lowest BCUT2D eigenvalue weighted by Crippen LogP contribution is -2.37. The summed E-state index contributed by atoms with van der Waals surface area (Å²) in [5, 5.41) is 8.62. The summed E-state index contributed by atoms with van der Waals surface area (Å²) in [4.78, 5) is 13.9. The summed E-state index contributed by atoms with van der Waals surface area (Å²) in [7, 11) is 3.65. The highest BCUT2D eigenvalue weighted by Gasteiger charge is 2.27. The minimum Gasteiger partial charge on any atom is -0.480 e. The molecule has 0 aliphatic heterocycles. The van der Waals surface area contributed by atoms with Crippen molar-refractivity contribution in [2.24, 2.45) is 0 Å². The maximum Gasteiger partial charge on any atom is 0.441 e. The lowest BCUT2D eigenvalue weighted by molar-refractivity contribution is -0.138. The van der Waals surface area contributed by atoms with Gasteiger partial charge in [0.15, 0.2) is 0 Å². The molecule has 0 unspecified atom stereocenters. The zero-order valence-electron chi connectivity index (χ0n) is 9.83. The van der Waals surface area contributed by atoms with E-state index < -0.39 is 11.5 Å². The van der Waals surface area contributed by atoms with Crippen molar-refractivity contribution in [2.45, 2.75) is 5.51 Å². The van der Waals surface area contributed by atoms with E-state index in [0.717, 1.165) is 0 Å². The molecule has 4 nitrogen and oxygen atoms in total. The first kappa shape index (κ1) is 16.5. The van der Waals surface area contributed by atoms with Gasteiger partial charge in [-0.3, -0.25) is 9.69 Å². The second kappa shape index (κ2) is 7.78. The fourth-order valence-corrected chi connectivity index (χ4v) is 1.67. The first-order chi connectivity index (χ1) is 7.70. The second-order valence-corrected chi connectivity index (χ2v) is 4.93. The second-order valence-electron chi connectivity index (χ2n) is 3.77. The Bertz CT molecular complexity index is 237. The number of alkyl halides is 3. The van der Waals surface area contributed by atoms with Crippen LogP contribution in [0.5, 0.6) is 0 Å². The van der Waals surface area contributed by atoms with Gasteiger partial charge in [-0.1, -0.05) is 0 Å². The third kappa shape index (κ3) is 11.8. The van der Waals surface area contributed by atoms with E-state index in [1.807, 2.05) is 19.0 Å². The Hall–Kier alpha value is -0.470. The first-order valence-electron chi connectivity index (χ1n) is 5.00. The van der Waals surface area contributed by atoms with Crippen molar-refractivity contribution in [3.63, 3.8) is 0 Å². The van der Waals surface area contributed by atoms with Gasteiger partial charge >= 0.3 is 11.5 Å². The number of thioether (sulfide) groups is 1. The number of likely N-dealkylation sites (N-methyl/N-ethyl adjacent to an activating group) is 1. The van der Waals surface area contributed by atoms with Crippen LogP contribution in [0.4, 0.5) is 13.2 Å². The van der Waals surface area contributed by atoms with Gasteiger partial charge in [-0.15, -0.1) is 0 Å². The Morgan fingerprint density at radius 2 is 1.82 bits per heavy atom. The number of hydrogen-bond donors (Lipinski definition) is 1. The van der Waals surface area contributed by atoms with Gasteiger partial charge in [0.25, 0.3) is 0 Å². The summed E-state index contributed by atoms with van der Waals surface area (Å²) >= 11 is -0.125. The van der Waals surface area contributed by atoms with Crippen LogP contribution in [0.25, 0.3) is 0 Å². The van der Waals surface area contributed by atoms with E-state index in [-0.39, 0.29) is 30.6 Å². The van der Waals surface area contributed by atoms with Crippen LogP contribution in [0.15, 0.2) is 0 Å². The van der Waals surface area contributed by atoms with Crippen LogP contribution in [0.3, 0.4) is 0 Å². The van der Waals surface area contributed by atoms with Crippen molar-refractivity contribution >= 4 is 17.7 Å². The summed E-state index contributed by atoms with van der Waals surface area (Å²) < 4.78 is 35.7. The topological polar surface area (TPSA) is 43.8 Å². The molecule has 0 fully saturated rings. The van der Waals surface area contributed by atoms with Gasteiger partial charge in [0, 0.05) is 25.4 Å². The molecule has 0 aromatic carbocycles. The minimum atomic E-state index is -4.25. The van der Waals surface area contributed by atoms with Crippen LogP contribution in [0.1, 0.15) is 0 Å². The molecule has 0 atom stereocenters. The number of aliphatic carboxylic acids is 1. The highest BCUT2D eigenvalue weighted by molar-refractivity contribution is 8.00. The van der Waals surface area contributed by atoms with Crippen molar-refractivity contribution < 1.29 is 23.1 Å². The lowest BCUT2D eigenvalue weighted by atomic mass is 10.4. The minimum absolute atomic E-state index is 0.115. The molecule has 0 aliphatic carbocycles. The predicted octanol–water partition coefficient (Wildman–Crippen LogP) is 1.19. The number of carboxylic acids is 1. The van der Waals surface area contributed by atoms with Crippen molar-refractivity contribution in [1.82, 2.24) is 9.80 Å². The van der Waals surface area contributed by atoms with E-state index in [1.165, 1.54) is 4.90 Å². The predicted molar refractivity (Wildman–Crippen MR) is 61.1 cm³/mol. The highest BCUT2D eigenvalue weighted by Crippen LogP contribution is 2.29. The van der Waals surface area contributed by atoms with Crippen molar-refractivity contribution in [3.05, 3.63) is 0 Å². The average molecular weight is 274 g/mol. The molecule has 0 saturated carbocycles. The van der Waals surface area contributed by atoms with Gasteiger partial charge in [0.2, 0.25) is 0 Å². The average Bonchev–Trinajstić information content (AvgIpc) is 2.10. The Morgan fingerprint density at radius 1 is 1.24 bits per heavy atom. The third-order valence-corrected chi connectivity index (χ3v) is 2.61. The molecule has 0 aromatic heterocycles. The van der Waals surface area contributed by atoms with Crippen LogP contribution < -0.4 is 0 Å². The van der Waals surface area contributed by atoms with Crippen molar-refractivity contribution in [2.75, 3.05) is 46.0 Å². The summed E-state index contributed by atoms with van der Waals surface area (Å²) in [6.45, 7) is 0.943. The van der Waals surface area contributed by atoms with Crippen LogP contribution in [0.2, 0.25) is 0 Å². The molecule has 0 radical (unpaired) electrons. The molecule has 0 aromatic rings. The molecular weight excluding hydrogens is 257 g/mol. The smallest absolute Gasteiger partial charge is 0.441 e. The van der Waals surface area contributed by atoms with E-state index in [9.17, 15) is 18.0 Å². The zero-order chi connectivity index (χ0) is 13.5. The number of rotatable bonds is 8. The molecule has 0 aliphatic rings. The molecule has 17 heavy (non-hydrogen) atoms. The van der Waals surface area contributed by atoms with Crippen molar-refractivity contribution in [1.29, 1.82) is 0 Å². The van der Waals surface area contributed by atoms with Gasteiger partial charge < -0.3 is 10.0 Å². The van der Waals surface area contributed by atoms with E-state index >= 15 is 0 Å². The van der Waals surface area contributed by atoms with E-state index in [0.29, 0.717) is 13.1 Å². The summed E-state index contributed by atoms with van der Waals surface area (Å²) in [5.74, 6) is -1.18. The van der Waals surface area contributed by atoms with Crippen LogP contribution in [-0.2, 0) is 4.79 Å². The SMILES string of the molecule is CN(C)CCN(CCSC(F)(F)F)CC(=O)O. The largest absolute Gasteiger partial charge is 0.480 e. The third-order valence-electron chi connectivity index (χ3n) is 1.90. The standard InChI is InChI=1S/C9H17F3N2O2S/c1-13(2)3-4-14(7-8(15)16)5-6-17-9(10,11)12/h3-7H2,1-2H3,(H,15,16). The Balaban J connectivity index is 3.97. The molecule has 0 spiro atoms. The monoisotopic (exact) mass is 274 g/mol. The van der Waals surface area contributed by atoms with Crippen LogP contribution in [-0.4, -0.2) is 72.4 Å². The molecular formula is C9H17F3N2O2S. The lowest BCUT2D eigenvalue weighted by Gasteiger charge is -2.22. The number of nitrogens with zero attached hydrogens (tertiary/aromatic N) is 2. The van der Waals surface area contributed by atoms with Gasteiger partial charge in [-0.25, -0.2) is 0 Å². The fraction of sp³-hybridized carbons (Fsp3) is 0.889. The number of halogens is 3. The molecule has 1 N–H and O–H groups in total. The maximum atomic E-state index is 11.9. The zero-order valence-corrected chi connectivity index (χ0v) is 10.6. The Morgan fingerprint density at radius 3 is 2.24 bits per heavy atom. The fourth-order valence-electron chi connectivity index (χ4n) is 1.09. The van der Waals surface area contributed by atoms with Gasteiger partial charge in [0.1, 0.15) is 0 Å². The molecule has 0 saturated heterocycles. The van der Waals surface area contributed by atoms with Gasteiger partial charge in [0.05, 0.1) is 6.54 Å². The maximum absolute atomic E-state index is 11.9. The van der Waals surface area contributed by atoms with E-state index in [1.54, 1.807) is 0 Å². The van der Waals surface area contributed by atoms with Crippen LogP contribution >= 0.6 is 11.8 Å². The molecule has 102 valence electrons. The number of hydrogen-bond acceptors (Lipinski definition) is 4. The molecule has 8 heteroatoms. The quantitative estimate of drug-likeness (QED) is 0.720. The number of carboxylic acid groups (broad SMARTS) is 1. The molecule has 0 bridgehead atoms. The Kier molecular flexibility index (Phi) is 7.56. The first-order valence-corrected chi connectivity index (χ1v) is 5.99. The van der Waals surface area contributed by atoms with Crippen molar-refractivity contribution in [3.8, 4) is 0 Å². The Labute approximate surface area is 103 Å². The van der Waals surface area contributed by atoms with E-state index in [4.69, 9.17) is 5.11 Å². The molecule has 0 rings (SSSR count).